The molecule has 204 valence electrons. The minimum Gasteiger partial charge on any atom is -0.380 e. The minimum absolute atomic E-state index is 0.200. The van der Waals surface area contributed by atoms with E-state index in [0.29, 0.717) is 42.7 Å². The molecule has 9 heteroatoms. The zero-order valence-corrected chi connectivity index (χ0v) is 22.6. The molecular weight excluding hydrogens is 518 g/mol. The number of thioether (sulfide) groups is 1. The summed E-state index contributed by atoms with van der Waals surface area (Å²) >= 11 is 1.44. The van der Waals surface area contributed by atoms with Crippen LogP contribution in [0.4, 0.5) is 8.78 Å². The Balaban J connectivity index is 1.27. The second kappa shape index (κ2) is 15.2. The van der Waals surface area contributed by atoms with Gasteiger partial charge in [0.15, 0.2) is 5.16 Å². The van der Waals surface area contributed by atoms with Crippen LogP contribution in [0.1, 0.15) is 47.9 Å². The summed E-state index contributed by atoms with van der Waals surface area (Å²) in [5, 5.41) is 0.599. The Labute approximate surface area is 231 Å². The van der Waals surface area contributed by atoms with Crippen molar-refractivity contribution >= 4 is 11.8 Å². The summed E-state index contributed by atoms with van der Waals surface area (Å²) in [5.74, 6) is 0.0877. The number of hydrogen-bond donors (Lipinski definition) is 0. The van der Waals surface area contributed by atoms with Crippen molar-refractivity contribution in [2.45, 2.75) is 56.0 Å². The summed E-state index contributed by atoms with van der Waals surface area (Å²) in [6, 6.07) is 13.0. The van der Waals surface area contributed by atoms with Crippen LogP contribution in [0.2, 0.25) is 0 Å². The molecule has 0 aliphatic heterocycles. The topological polar surface area (TPSA) is 69.9 Å². The Morgan fingerprint density at radius 3 is 2.18 bits per heavy atom. The molecule has 0 spiro atoms. The second-order valence-corrected chi connectivity index (χ2v) is 10.2. The number of halogens is 2. The first kappa shape index (κ1) is 28.6. The van der Waals surface area contributed by atoms with Crippen molar-refractivity contribution in [3.8, 4) is 0 Å². The van der Waals surface area contributed by atoms with E-state index in [1.165, 1.54) is 42.4 Å². The minimum atomic E-state index is -0.280. The molecule has 0 aliphatic carbocycles. The van der Waals surface area contributed by atoms with Crippen LogP contribution in [0.25, 0.3) is 0 Å². The van der Waals surface area contributed by atoms with E-state index in [1.54, 1.807) is 24.5 Å². The van der Waals surface area contributed by atoms with Gasteiger partial charge in [-0.15, -0.1) is 0 Å². The van der Waals surface area contributed by atoms with Gasteiger partial charge in [-0.3, -0.25) is 4.79 Å². The van der Waals surface area contributed by atoms with Crippen molar-refractivity contribution in [3.05, 3.63) is 118 Å². The highest BCUT2D eigenvalue weighted by molar-refractivity contribution is 7.98. The van der Waals surface area contributed by atoms with Crippen molar-refractivity contribution in [3.63, 3.8) is 0 Å². The summed E-state index contributed by atoms with van der Waals surface area (Å²) in [6.45, 7) is 1.72. The standard InChI is InChI=1S/C30H32F2N4O2S/c31-27-10-6-23(7-11-27)5-3-1-2-4-15-38-16-14-36-20-26(17-25-18-33-22-34-19-25)29(37)35-30(36)39-21-24-8-12-28(32)13-9-24/h6-13,18-20,22H,1-5,14-17,21H2. The average molecular weight is 551 g/mol. The molecule has 4 rings (SSSR count). The normalized spacial score (nSPS) is 11.1. The van der Waals surface area contributed by atoms with Gasteiger partial charge in [-0.1, -0.05) is 48.9 Å². The van der Waals surface area contributed by atoms with Crippen LogP contribution in [0.15, 0.2) is 83.4 Å². The van der Waals surface area contributed by atoms with Crippen LogP contribution in [-0.2, 0) is 29.9 Å². The fourth-order valence-corrected chi connectivity index (χ4v) is 5.04. The van der Waals surface area contributed by atoms with Crippen molar-refractivity contribution in [2.24, 2.45) is 0 Å². The fourth-order valence-electron chi connectivity index (χ4n) is 4.09. The van der Waals surface area contributed by atoms with E-state index in [-0.39, 0.29) is 17.2 Å². The molecule has 0 atom stereocenters. The monoisotopic (exact) mass is 550 g/mol. The van der Waals surface area contributed by atoms with Gasteiger partial charge in [0.1, 0.15) is 18.0 Å². The predicted octanol–water partition coefficient (Wildman–Crippen LogP) is 6.01. The van der Waals surface area contributed by atoms with E-state index in [1.807, 2.05) is 22.9 Å². The quantitative estimate of drug-likeness (QED) is 0.103. The summed E-state index contributed by atoms with van der Waals surface area (Å²) in [6.07, 6.45) is 12.2. The Kier molecular flexibility index (Phi) is 11.2. The molecule has 2 aromatic carbocycles. The number of aromatic nitrogens is 4. The lowest BCUT2D eigenvalue weighted by atomic mass is 10.1. The van der Waals surface area contributed by atoms with Gasteiger partial charge in [0.2, 0.25) is 0 Å². The molecule has 0 aliphatic rings. The Morgan fingerprint density at radius 2 is 1.46 bits per heavy atom. The third kappa shape index (κ3) is 9.67. The van der Waals surface area contributed by atoms with Crippen LogP contribution >= 0.6 is 11.8 Å². The molecule has 0 unspecified atom stereocenters. The Bertz CT molecular complexity index is 1350. The highest BCUT2D eigenvalue weighted by Crippen LogP contribution is 2.21. The van der Waals surface area contributed by atoms with Gasteiger partial charge in [0, 0.05) is 49.5 Å². The van der Waals surface area contributed by atoms with Crippen molar-refractivity contribution in [2.75, 3.05) is 13.2 Å². The number of unbranched alkanes of at least 4 members (excludes halogenated alkanes) is 3. The molecule has 2 heterocycles. The molecule has 0 saturated carbocycles. The van der Waals surface area contributed by atoms with E-state index >= 15 is 0 Å². The number of ether oxygens (including phenoxy) is 1. The first-order valence-electron chi connectivity index (χ1n) is 13.1. The van der Waals surface area contributed by atoms with E-state index in [9.17, 15) is 13.6 Å². The number of nitrogens with zero attached hydrogens (tertiary/aromatic N) is 4. The maximum absolute atomic E-state index is 13.3. The van der Waals surface area contributed by atoms with E-state index in [4.69, 9.17) is 4.74 Å². The van der Waals surface area contributed by atoms with E-state index in [2.05, 4.69) is 15.0 Å². The largest absolute Gasteiger partial charge is 0.380 e. The maximum Gasteiger partial charge on any atom is 0.277 e. The van der Waals surface area contributed by atoms with Crippen LogP contribution in [0, 0.1) is 11.6 Å². The van der Waals surface area contributed by atoms with Crippen molar-refractivity contribution in [1.82, 2.24) is 19.5 Å². The molecule has 4 aromatic rings. The predicted molar refractivity (Wildman–Crippen MR) is 149 cm³/mol. The molecule has 6 nitrogen and oxygen atoms in total. The van der Waals surface area contributed by atoms with Crippen LogP contribution in [-0.4, -0.2) is 32.7 Å². The van der Waals surface area contributed by atoms with Gasteiger partial charge in [-0.2, -0.15) is 4.98 Å². The third-order valence-electron chi connectivity index (χ3n) is 6.21. The molecular formula is C30H32F2N4O2S. The molecule has 0 saturated heterocycles. The van der Waals surface area contributed by atoms with Crippen LogP contribution in [0.3, 0.4) is 0 Å². The SMILES string of the molecule is O=c1nc(SCc2ccc(F)cc2)n(CCOCCCCCCc2ccc(F)cc2)cc1Cc1cncnc1. The molecule has 39 heavy (non-hydrogen) atoms. The van der Waals surface area contributed by atoms with Gasteiger partial charge < -0.3 is 9.30 Å². The Hall–Kier alpha value is -3.43. The molecule has 0 amide bonds. The maximum atomic E-state index is 13.3. The zero-order valence-electron chi connectivity index (χ0n) is 21.8. The summed E-state index contributed by atoms with van der Waals surface area (Å²) < 4.78 is 34.1. The zero-order chi connectivity index (χ0) is 27.3. The molecule has 2 aromatic heterocycles. The first-order chi connectivity index (χ1) is 19.1. The molecule has 0 N–H and O–H groups in total. The molecule has 0 bridgehead atoms. The highest BCUT2D eigenvalue weighted by atomic mass is 32.2. The number of rotatable bonds is 15. The van der Waals surface area contributed by atoms with Crippen LogP contribution in [0.5, 0.6) is 0 Å². The Morgan fingerprint density at radius 1 is 0.795 bits per heavy atom. The lowest BCUT2D eigenvalue weighted by Gasteiger charge is -2.14. The highest BCUT2D eigenvalue weighted by Gasteiger charge is 2.11. The summed E-state index contributed by atoms with van der Waals surface area (Å²) in [7, 11) is 0. The van der Waals surface area contributed by atoms with Gasteiger partial charge in [-0.05, 0) is 60.2 Å². The fraction of sp³-hybridized carbons (Fsp3) is 0.333. The third-order valence-corrected chi connectivity index (χ3v) is 7.27. The van der Waals surface area contributed by atoms with Crippen molar-refractivity contribution in [1.29, 1.82) is 0 Å². The molecule has 0 fully saturated rings. The number of hydrogen-bond acceptors (Lipinski definition) is 6. The lowest BCUT2D eigenvalue weighted by molar-refractivity contribution is 0.120. The van der Waals surface area contributed by atoms with Gasteiger partial charge in [0.05, 0.1) is 6.61 Å². The second-order valence-electron chi connectivity index (χ2n) is 9.29. The van der Waals surface area contributed by atoms with Crippen LogP contribution < -0.4 is 5.56 Å². The van der Waals surface area contributed by atoms with Crippen molar-refractivity contribution < 1.29 is 13.5 Å². The number of aryl methyl sites for hydroxylation is 1. The lowest BCUT2D eigenvalue weighted by Crippen LogP contribution is -2.21. The van der Waals surface area contributed by atoms with E-state index < -0.39 is 0 Å². The van der Waals surface area contributed by atoms with Gasteiger partial charge in [0.25, 0.3) is 5.56 Å². The average Bonchev–Trinajstić information content (AvgIpc) is 2.95. The van der Waals surface area contributed by atoms with Gasteiger partial charge in [-0.25, -0.2) is 18.7 Å². The number of benzene rings is 2. The first-order valence-corrected chi connectivity index (χ1v) is 14.1. The van der Waals surface area contributed by atoms with Gasteiger partial charge >= 0.3 is 0 Å². The summed E-state index contributed by atoms with van der Waals surface area (Å²) in [5.41, 5.74) is 3.23. The smallest absolute Gasteiger partial charge is 0.277 e. The van der Waals surface area contributed by atoms with E-state index in [0.717, 1.165) is 48.8 Å². The molecule has 0 radical (unpaired) electrons. The summed E-state index contributed by atoms with van der Waals surface area (Å²) in [4.78, 5) is 25.2.